The molecule has 0 atom stereocenters. The number of hydrogen-bond acceptors (Lipinski definition) is 5. The van der Waals surface area contributed by atoms with Gasteiger partial charge in [0.15, 0.2) is 0 Å². The number of hydrogen-bond donors (Lipinski definition) is 2. The molecule has 1 aliphatic heterocycles. The van der Waals surface area contributed by atoms with E-state index in [9.17, 15) is 9.59 Å². The second-order valence-corrected chi connectivity index (χ2v) is 6.25. The number of amides is 2. The summed E-state index contributed by atoms with van der Waals surface area (Å²) < 4.78 is 5.06. The monoisotopic (exact) mass is 365 g/mol. The summed E-state index contributed by atoms with van der Waals surface area (Å²) in [7, 11) is 0. The number of imidazole rings is 1. The van der Waals surface area contributed by atoms with E-state index in [-0.39, 0.29) is 12.0 Å². The zero-order chi connectivity index (χ0) is 18.8. The summed E-state index contributed by atoms with van der Waals surface area (Å²) in [5.41, 5.74) is 4.49. The second-order valence-electron chi connectivity index (χ2n) is 6.25. The van der Waals surface area contributed by atoms with Crippen LogP contribution in [0.4, 0.5) is 10.5 Å². The topological polar surface area (TPSA) is 100 Å². The van der Waals surface area contributed by atoms with Crippen molar-refractivity contribution in [3.63, 3.8) is 0 Å². The van der Waals surface area contributed by atoms with Crippen molar-refractivity contribution in [1.29, 1.82) is 0 Å². The van der Waals surface area contributed by atoms with Gasteiger partial charge in [0.05, 0.1) is 36.2 Å². The average Bonchev–Trinajstić information content (AvgIpc) is 3.17. The molecule has 0 unspecified atom stereocenters. The van der Waals surface area contributed by atoms with Crippen molar-refractivity contribution in [2.75, 3.05) is 18.5 Å². The predicted molar refractivity (Wildman–Crippen MR) is 99.4 cm³/mol. The van der Waals surface area contributed by atoms with Crippen molar-refractivity contribution in [2.45, 2.75) is 19.9 Å². The molecular formula is C19H19N5O3. The van der Waals surface area contributed by atoms with Gasteiger partial charge in [-0.1, -0.05) is 6.07 Å². The minimum atomic E-state index is -0.344. The molecule has 27 heavy (non-hydrogen) atoms. The molecule has 0 radical (unpaired) electrons. The van der Waals surface area contributed by atoms with Gasteiger partial charge < -0.3 is 19.9 Å². The van der Waals surface area contributed by atoms with Crippen LogP contribution < -0.4 is 5.32 Å². The number of pyridine rings is 1. The van der Waals surface area contributed by atoms with Crippen LogP contribution in [0.3, 0.4) is 0 Å². The Hall–Kier alpha value is -3.42. The van der Waals surface area contributed by atoms with Crippen LogP contribution in [0, 0.1) is 0 Å². The zero-order valence-corrected chi connectivity index (χ0v) is 14.9. The van der Waals surface area contributed by atoms with Crippen LogP contribution in [0.2, 0.25) is 0 Å². The fourth-order valence-corrected chi connectivity index (χ4v) is 3.32. The number of aromatic amines is 1. The molecule has 2 N–H and O–H groups in total. The lowest BCUT2D eigenvalue weighted by Crippen LogP contribution is -2.37. The minimum Gasteiger partial charge on any atom is -0.450 e. The fraction of sp³-hybridized carbons (Fsp3) is 0.263. The van der Waals surface area contributed by atoms with E-state index in [0.29, 0.717) is 42.9 Å². The van der Waals surface area contributed by atoms with Crippen molar-refractivity contribution < 1.29 is 14.3 Å². The second kappa shape index (κ2) is 7.06. The van der Waals surface area contributed by atoms with Crippen molar-refractivity contribution in [1.82, 2.24) is 19.9 Å². The first-order valence-corrected chi connectivity index (χ1v) is 8.78. The molecule has 0 saturated carbocycles. The van der Waals surface area contributed by atoms with Gasteiger partial charge in [-0.2, -0.15) is 0 Å². The molecule has 0 fully saturated rings. The summed E-state index contributed by atoms with van der Waals surface area (Å²) in [6.07, 6.45) is 5.09. The van der Waals surface area contributed by atoms with Crippen molar-refractivity contribution in [2.24, 2.45) is 0 Å². The summed E-state index contributed by atoms with van der Waals surface area (Å²) in [5.74, 6) is -0.237. The van der Waals surface area contributed by atoms with E-state index >= 15 is 0 Å². The van der Waals surface area contributed by atoms with Gasteiger partial charge in [-0.05, 0) is 36.6 Å². The highest BCUT2D eigenvalue weighted by Crippen LogP contribution is 2.25. The van der Waals surface area contributed by atoms with Crippen LogP contribution in [-0.2, 0) is 17.7 Å². The van der Waals surface area contributed by atoms with Crippen molar-refractivity contribution in [3.05, 3.63) is 53.6 Å². The first-order chi connectivity index (χ1) is 13.2. The van der Waals surface area contributed by atoms with Crippen LogP contribution in [-0.4, -0.2) is 45.0 Å². The molecule has 0 bridgehead atoms. The maximum Gasteiger partial charge on any atom is 0.410 e. The Morgan fingerprint density at radius 2 is 2.22 bits per heavy atom. The average molecular weight is 365 g/mol. The first-order valence-electron chi connectivity index (χ1n) is 8.78. The van der Waals surface area contributed by atoms with E-state index in [1.54, 1.807) is 30.5 Å². The molecule has 3 heterocycles. The molecule has 3 aromatic rings. The largest absolute Gasteiger partial charge is 0.450 e. The van der Waals surface area contributed by atoms with Gasteiger partial charge in [0.25, 0.3) is 5.91 Å². The quantitative estimate of drug-likeness (QED) is 0.743. The number of carbonyl (C=O) groups is 2. The summed E-state index contributed by atoms with van der Waals surface area (Å²) in [6.45, 7) is 3.00. The number of carbonyl (C=O) groups excluding carboxylic acids is 2. The van der Waals surface area contributed by atoms with Crippen LogP contribution in [0.15, 0.2) is 36.9 Å². The maximum absolute atomic E-state index is 12.9. The summed E-state index contributed by atoms with van der Waals surface area (Å²) in [5, 5.41) is 2.93. The van der Waals surface area contributed by atoms with E-state index in [0.717, 1.165) is 16.6 Å². The standard InChI is InChI=1S/C19H19N5O3/c1-2-27-19(26)24-7-6-13-12(10-24)8-20-9-14(13)18(25)23-16-5-3-4-15-17(16)22-11-21-15/h3-5,8-9,11H,2,6-7,10H2,1H3,(H,21,22)(H,23,25). The molecule has 1 aromatic carbocycles. The van der Waals surface area contributed by atoms with Gasteiger partial charge in [-0.3, -0.25) is 9.78 Å². The molecule has 2 amide bonds. The van der Waals surface area contributed by atoms with Crippen LogP contribution in [0.5, 0.6) is 0 Å². The highest BCUT2D eigenvalue weighted by molar-refractivity contribution is 6.08. The number of nitrogens with one attached hydrogen (secondary N) is 2. The molecule has 1 aliphatic rings. The van der Waals surface area contributed by atoms with Crippen molar-refractivity contribution >= 4 is 28.7 Å². The third-order valence-electron chi connectivity index (χ3n) is 4.61. The molecule has 0 aliphatic carbocycles. The summed E-state index contributed by atoms with van der Waals surface area (Å²) in [6, 6.07) is 5.56. The third-order valence-corrected chi connectivity index (χ3v) is 4.61. The number of para-hydroxylation sites is 1. The van der Waals surface area contributed by atoms with Crippen molar-refractivity contribution in [3.8, 4) is 0 Å². The van der Waals surface area contributed by atoms with Gasteiger partial charge in [0.1, 0.15) is 5.52 Å². The number of nitrogens with zero attached hydrogens (tertiary/aromatic N) is 3. The molecule has 8 heteroatoms. The number of anilines is 1. The Bertz CT molecular complexity index is 1010. The maximum atomic E-state index is 12.9. The van der Waals surface area contributed by atoms with E-state index in [1.165, 1.54) is 0 Å². The zero-order valence-electron chi connectivity index (χ0n) is 14.9. The number of rotatable bonds is 3. The Kier molecular flexibility index (Phi) is 4.45. The van der Waals surface area contributed by atoms with Gasteiger partial charge in [-0.15, -0.1) is 0 Å². The van der Waals surface area contributed by atoms with Crippen LogP contribution >= 0.6 is 0 Å². The van der Waals surface area contributed by atoms with Gasteiger partial charge in [-0.25, -0.2) is 9.78 Å². The normalized spacial score (nSPS) is 13.3. The number of H-pyrrole nitrogens is 1. The molecule has 8 nitrogen and oxygen atoms in total. The number of benzene rings is 1. The molecule has 138 valence electrons. The smallest absolute Gasteiger partial charge is 0.410 e. The Labute approximate surface area is 155 Å². The summed E-state index contributed by atoms with van der Waals surface area (Å²) in [4.78, 5) is 37.9. The predicted octanol–water partition coefficient (Wildman–Crippen LogP) is 2.72. The lowest BCUT2D eigenvalue weighted by atomic mass is 9.97. The van der Waals surface area contributed by atoms with E-state index < -0.39 is 0 Å². The lowest BCUT2D eigenvalue weighted by Gasteiger charge is -2.28. The highest BCUT2D eigenvalue weighted by Gasteiger charge is 2.25. The number of fused-ring (bicyclic) bond motifs is 2. The summed E-state index contributed by atoms with van der Waals surface area (Å²) >= 11 is 0. The van der Waals surface area contributed by atoms with Gasteiger partial charge >= 0.3 is 6.09 Å². The fourth-order valence-electron chi connectivity index (χ4n) is 3.32. The van der Waals surface area contributed by atoms with Gasteiger partial charge in [0, 0.05) is 18.9 Å². The van der Waals surface area contributed by atoms with E-state index in [2.05, 4.69) is 20.3 Å². The van der Waals surface area contributed by atoms with Gasteiger partial charge in [0.2, 0.25) is 0 Å². The minimum absolute atomic E-state index is 0.237. The number of ether oxygens (including phenoxy) is 1. The highest BCUT2D eigenvalue weighted by atomic mass is 16.6. The first kappa shape index (κ1) is 17.0. The van der Waals surface area contributed by atoms with Crippen LogP contribution in [0.25, 0.3) is 11.0 Å². The SMILES string of the molecule is CCOC(=O)N1CCc2c(cncc2C(=O)Nc2cccc3[nH]cnc23)C1. The molecule has 2 aromatic heterocycles. The molecule has 0 spiro atoms. The Morgan fingerprint density at radius 3 is 3.07 bits per heavy atom. The molecule has 0 saturated heterocycles. The molecule has 4 rings (SSSR count). The third kappa shape index (κ3) is 3.21. The van der Waals surface area contributed by atoms with E-state index in [4.69, 9.17) is 4.74 Å². The molecular weight excluding hydrogens is 346 g/mol. The van der Waals surface area contributed by atoms with E-state index in [1.807, 2.05) is 18.2 Å². The van der Waals surface area contributed by atoms with Crippen LogP contribution in [0.1, 0.15) is 28.4 Å². The Morgan fingerprint density at radius 1 is 1.33 bits per heavy atom. The number of aromatic nitrogens is 3. The lowest BCUT2D eigenvalue weighted by molar-refractivity contribution is 0.101. The Balaban J connectivity index is 1.58.